The number of thiophene rings is 1. The van der Waals surface area contributed by atoms with Crippen molar-refractivity contribution in [3.63, 3.8) is 0 Å². The molecule has 6 aromatic rings. The number of pyridine rings is 1. The molecule has 0 atom stereocenters. The van der Waals surface area contributed by atoms with Crippen molar-refractivity contribution in [2.24, 2.45) is 0 Å². The summed E-state index contributed by atoms with van der Waals surface area (Å²) in [6.45, 7) is 0. The van der Waals surface area contributed by atoms with Crippen LogP contribution in [0.15, 0.2) is 73.2 Å². The first kappa shape index (κ1) is 15.4. The van der Waals surface area contributed by atoms with Gasteiger partial charge in [0.1, 0.15) is 5.82 Å². The van der Waals surface area contributed by atoms with E-state index in [1.54, 1.807) is 11.3 Å². The molecule has 0 saturated carbocycles. The van der Waals surface area contributed by atoms with E-state index in [0.29, 0.717) is 0 Å². The van der Waals surface area contributed by atoms with Gasteiger partial charge in [-0.2, -0.15) is 5.10 Å². The molecule has 28 heavy (non-hydrogen) atoms. The number of aromatic nitrogens is 4. The average molecular weight is 381 g/mol. The Balaban J connectivity index is 1.52. The second kappa shape index (κ2) is 5.94. The molecule has 5 nitrogen and oxygen atoms in total. The molecule has 0 spiro atoms. The summed E-state index contributed by atoms with van der Waals surface area (Å²) in [5.41, 5.74) is 4.24. The summed E-state index contributed by atoms with van der Waals surface area (Å²) in [6.07, 6.45) is 5.60. The van der Waals surface area contributed by atoms with Gasteiger partial charge in [0.2, 0.25) is 0 Å². The number of hydrogen-bond donors (Lipinski definition) is 3. The Morgan fingerprint density at radius 1 is 0.964 bits per heavy atom. The van der Waals surface area contributed by atoms with E-state index in [1.165, 1.54) is 15.0 Å². The Bertz CT molecular complexity index is 1420. The SMILES string of the molecule is c1ccc2sc(-c3cc(Nc4nccc5[nH]ccc45)cc4cn[nH]c34)cc2c1. The molecule has 4 aromatic heterocycles. The zero-order valence-electron chi connectivity index (χ0n) is 14.7. The van der Waals surface area contributed by atoms with Crippen LogP contribution in [0.5, 0.6) is 0 Å². The second-order valence-electron chi connectivity index (χ2n) is 6.73. The zero-order chi connectivity index (χ0) is 18.5. The van der Waals surface area contributed by atoms with Crippen LogP contribution in [0.4, 0.5) is 11.5 Å². The Morgan fingerprint density at radius 2 is 1.93 bits per heavy atom. The van der Waals surface area contributed by atoms with Gasteiger partial charge in [-0.05, 0) is 41.8 Å². The van der Waals surface area contributed by atoms with Crippen LogP contribution in [0.1, 0.15) is 0 Å². The third-order valence-corrected chi connectivity index (χ3v) is 6.13. The molecule has 0 radical (unpaired) electrons. The van der Waals surface area contributed by atoms with E-state index in [9.17, 15) is 0 Å². The number of H-pyrrole nitrogens is 2. The highest BCUT2D eigenvalue weighted by Gasteiger charge is 2.12. The summed E-state index contributed by atoms with van der Waals surface area (Å²) in [7, 11) is 0. The Kier molecular flexibility index (Phi) is 3.27. The van der Waals surface area contributed by atoms with Gasteiger partial charge in [0, 0.05) is 44.0 Å². The molecule has 6 heteroatoms. The van der Waals surface area contributed by atoms with Crippen molar-refractivity contribution < 1.29 is 0 Å². The maximum absolute atomic E-state index is 4.53. The molecule has 6 rings (SSSR count). The summed E-state index contributed by atoms with van der Waals surface area (Å²) in [4.78, 5) is 8.97. The van der Waals surface area contributed by atoms with Crippen molar-refractivity contribution in [3.8, 4) is 10.4 Å². The van der Waals surface area contributed by atoms with Crippen LogP contribution in [0.2, 0.25) is 0 Å². The molecule has 0 saturated heterocycles. The van der Waals surface area contributed by atoms with Crippen molar-refractivity contribution in [1.29, 1.82) is 0 Å². The first-order valence-corrected chi connectivity index (χ1v) is 9.82. The molecule has 0 unspecified atom stereocenters. The lowest BCUT2D eigenvalue weighted by Crippen LogP contribution is -1.94. The molecule has 0 bridgehead atoms. The fourth-order valence-electron chi connectivity index (χ4n) is 3.66. The van der Waals surface area contributed by atoms with Crippen LogP contribution in [0, 0.1) is 0 Å². The van der Waals surface area contributed by atoms with E-state index in [-0.39, 0.29) is 0 Å². The van der Waals surface area contributed by atoms with Gasteiger partial charge in [0.15, 0.2) is 0 Å². The quantitative estimate of drug-likeness (QED) is 0.349. The van der Waals surface area contributed by atoms with E-state index in [4.69, 9.17) is 0 Å². The van der Waals surface area contributed by atoms with Crippen molar-refractivity contribution >= 4 is 54.7 Å². The highest BCUT2D eigenvalue weighted by Crippen LogP contribution is 2.38. The van der Waals surface area contributed by atoms with Gasteiger partial charge in [0.25, 0.3) is 0 Å². The first-order valence-electron chi connectivity index (χ1n) is 9.00. The molecule has 2 aromatic carbocycles. The van der Waals surface area contributed by atoms with Gasteiger partial charge in [-0.3, -0.25) is 5.10 Å². The molecule has 4 heterocycles. The molecule has 0 aliphatic heterocycles. The minimum Gasteiger partial charge on any atom is -0.361 e. The molecule has 0 aliphatic carbocycles. The highest BCUT2D eigenvalue weighted by atomic mass is 32.1. The van der Waals surface area contributed by atoms with Crippen LogP contribution in [0.25, 0.3) is 42.3 Å². The number of aromatic amines is 2. The van der Waals surface area contributed by atoms with E-state index in [0.717, 1.165) is 38.9 Å². The average Bonchev–Trinajstić information content (AvgIpc) is 3.45. The van der Waals surface area contributed by atoms with E-state index in [1.807, 2.05) is 30.7 Å². The predicted octanol–water partition coefficient (Wildman–Crippen LogP) is 6.06. The molecular weight excluding hydrogens is 366 g/mol. The number of nitrogens with zero attached hydrogens (tertiary/aromatic N) is 2. The van der Waals surface area contributed by atoms with Gasteiger partial charge in [0.05, 0.1) is 17.2 Å². The predicted molar refractivity (Wildman–Crippen MR) is 116 cm³/mol. The fraction of sp³-hybridized carbons (Fsp3) is 0. The summed E-state index contributed by atoms with van der Waals surface area (Å²) in [5.74, 6) is 0.837. The van der Waals surface area contributed by atoms with Gasteiger partial charge in [-0.15, -0.1) is 11.3 Å². The number of fused-ring (bicyclic) bond motifs is 3. The largest absolute Gasteiger partial charge is 0.361 e. The summed E-state index contributed by atoms with van der Waals surface area (Å²) in [6, 6.07) is 19.0. The topological polar surface area (TPSA) is 69.4 Å². The summed E-state index contributed by atoms with van der Waals surface area (Å²) >= 11 is 1.79. The molecule has 0 fully saturated rings. The van der Waals surface area contributed by atoms with Crippen molar-refractivity contribution in [2.75, 3.05) is 5.32 Å². The maximum atomic E-state index is 4.53. The lowest BCUT2D eigenvalue weighted by molar-refractivity contribution is 1.12. The number of hydrogen-bond acceptors (Lipinski definition) is 4. The number of nitrogens with one attached hydrogen (secondary N) is 3. The second-order valence-corrected chi connectivity index (χ2v) is 7.81. The molecule has 0 aliphatic rings. The van der Waals surface area contributed by atoms with Gasteiger partial charge >= 0.3 is 0 Å². The smallest absolute Gasteiger partial charge is 0.139 e. The zero-order valence-corrected chi connectivity index (χ0v) is 15.5. The van der Waals surface area contributed by atoms with Crippen molar-refractivity contribution in [1.82, 2.24) is 20.2 Å². The first-order chi connectivity index (χ1) is 13.8. The monoisotopic (exact) mass is 381 g/mol. The maximum Gasteiger partial charge on any atom is 0.139 e. The third kappa shape index (κ3) is 2.39. The van der Waals surface area contributed by atoms with E-state index in [2.05, 4.69) is 67.9 Å². The van der Waals surface area contributed by atoms with Crippen LogP contribution < -0.4 is 5.32 Å². The van der Waals surface area contributed by atoms with Crippen LogP contribution in [-0.4, -0.2) is 20.2 Å². The normalized spacial score (nSPS) is 11.6. The number of rotatable bonds is 3. The standard InChI is InChI=1S/C22H15N5S/c1-2-4-19-13(3-1)10-20(28-19)17-11-15(9-14-12-25-27-21(14)17)26-22-16-5-7-23-18(16)6-8-24-22/h1-12,23H,(H,24,26)(H,25,27). The van der Waals surface area contributed by atoms with Gasteiger partial charge in [-0.25, -0.2) is 4.98 Å². The Hall–Kier alpha value is -3.64. The fourth-order valence-corrected chi connectivity index (χ4v) is 4.74. The van der Waals surface area contributed by atoms with Gasteiger partial charge in [-0.1, -0.05) is 18.2 Å². The van der Waals surface area contributed by atoms with Gasteiger partial charge < -0.3 is 10.3 Å². The Labute approximate surface area is 164 Å². The van der Waals surface area contributed by atoms with Crippen LogP contribution >= 0.6 is 11.3 Å². The van der Waals surface area contributed by atoms with Crippen molar-refractivity contribution in [3.05, 3.63) is 73.2 Å². The number of benzene rings is 2. The highest BCUT2D eigenvalue weighted by molar-refractivity contribution is 7.22. The molecule has 3 N–H and O–H groups in total. The minimum absolute atomic E-state index is 0.837. The summed E-state index contributed by atoms with van der Waals surface area (Å²) in [5, 5.41) is 14.3. The Morgan fingerprint density at radius 3 is 2.89 bits per heavy atom. The van der Waals surface area contributed by atoms with E-state index < -0.39 is 0 Å². The van der Waals surface area contributed by atoms with Crippen molar-refractivity contribution in [2.45, 2.75) is 0 Å². The van der Waals surface area contributed by atoms with Crippen LogP contribution in [0.3, 0.4) is 0 Å². The van der Waals surface area contributed by atoms with E-state index >= 15 is 0 Å². The lowest BCUT2D eigenvalue weighted by atomic mass is 10.1. The van der Waals surface area contributed by atoms with Crippen LogP contribution in [-0.2, 0) is 0 Å². The molecule has 134 valence electrons. The lowest BCUT2D eigenvalue weighted by Gasteiger charge is -2.09. The number of anilines is 2. The molecular formula is C22H15N5S. The summed E-state index contributed by atoms with van der Waals surface area (Å²) < 4.78 is 1.28. The minimum atomic E-state index is 0.837. The molecule has 0 amide bonds. The third-order valence-electron chi connectivity index (χ3n) is 4.98.